The standard InChI is InChI=1S/C17H27NO3/c1-16(2,3)15(20)21-10-14(19)18-17-7-11-4-12(8-17)6-13(5-11)9-17/h11-13H,4-10H2,1-3H3,(H,18,19). The number of hydrogen-bond donors (Lipinski definition) is 1. The summed E-state index contributed by atoms with van der Waals surface area (Å²) in [7, 11) is 0. The van der Waals surface area contributed by atoms with Crippen molar-refractivity contribution in [3.05, 3.63) is 0 Å². The third-order valence-corrected chi connectivity index (χ3v) is 5.39. The lowest BCUT2D eigenvalue weighted by Crippen LogP contribution is -2.60. The van der Waals surface area contributed by atoms with Crippen molar-refractivity contribution < 1.29 is 14.3 Å². The molecule has 4 aliphatic carbocycles. The van der Waals surface area contributed by atoms with Crippen LogP contribution in [0.5, 0.6) is 0 Å². The zero-order valence-corrected chi connectivity index (χ0v) is 13.4. The topological polar surface area (TPSA) is 55.4 Å². The molecule has 1 amide bonds. The molecular weight excluding hydrogens is 266 g/mol. The maximum atomic E-state index is 12.2. The van der Waals surface area contributed by atoms with Crippen LogP contribution in [0.3, 0.4) is 0 Å². The summed E-state index contributed by atoms with van der Waals surface area (Å²) in [6.07, 6.45) is 7.43. The zero-order chi connectivity index (χ0) is 15.3. The van der Waals surface area contributed by atoms with Crippen molar-refractivity contribution in [3.63, 3.8) is 0 Å². The van der Waals surface area contributed by atoms with Gasteiger partial charge in [-0.3, -0.25) is 9.59 Å². The van der Waals surface area contributed by atoms with Gasteiger partial charge in [0.05, 0.1) is 5.41 Å². The first-order valence-corrected chi connectivity index (χ1v) is 8.24. The number of esters is 1. The molecule has 0 saturated heterocycles. The predicted molar refractivity (Wildman–Crippen MR) is 79.5 cm³/mol. The lowest BCUT2D eigenvalue weighted by molar-refractivity contribution is -0.157. The lowest BCUT2D eigenvalue weighted by Gasteiger charge is -2.56. The van der Waals surface area contributed by atoms with Gasteiger partial charge in [0.2, 0.25) is 0 Å². The van der Waals surface area contributed by atoms with Gasteiger partial charge in [0.15, 0.2) is 6.61 Å². The zero-order valence-electron chi connectivity index (χ0n) is 13.4. The molecule has 0 aromatic heterocycles. The number of ether oxygens (including phenoxy) is 1. The summed E-state index contributed by atoms with van der Waals surface area (Å²) in [6.45, 7) is 5.25. The maximum Gasteiger partial charge on any atom is 0.311 e. The number of carbonyl (C=O) groups excluding carboxylic acids is 2. The van der Waals surface area contributed by atoms with Gasteiger partial charge in [-0.25, -0.2) is 0 Å². The van der Waals surface area contributed by atoms with E-state index in [4.69, 9.17) is 4.74 Å². The molecule has 4 aliphatic rings. The quantitative estimate of drug-likeness (QED) is 0.814. The number of rotatable bonds is 3. The molecule has 4 rings (SSSR count). The lowest BCUT2D eigenvalue weighted by atomic mass is 9.53. The first-order chi connectivity index (χ1) is 9.76. The van der Waals surface area contributed by atoms with Crippen LogP contribution in [-0.2, 0) is 14.3 Å². The van der Waals surface area contributed by atoms with Crippen molar-refractivity contribution >= 4 is 11.9 Å². The van der Waals surface area contributed by atoms with Crippen LogP contribution in [-0.4, -0.2) is 24.0 Å². The predicted octanol–water partition coefficient (Wildman–Crippen LogP) is 2.66. The van der Waals surface area contributed by atoms with E-state index < -0.39 is 5.41 Å². The molecule has 4 bridgehead atoms. The number of hydrogen-bond acceptors (Lipinski definition) is 3. The molecule has 0 aromatic carbocycles. The highest BCUT2D eigenvalue weighted by Gasteiger charge is 2.51. The fourth-order valence-electron chi connectivity index (χ4n) is 4.94. The Morgan fingerprint density at radius 3 is 1.95 bits per heavy atom. The molecule has 118 valence electrons. The Bertz CT molecular complexity index is 414. The monoisotopic (exact) mass is 293 g/mol. The second-order valence-electron chi connectivity index (χ2n) is 8.57. The van der Waals surface area contributed by atoms with E-state index >= 15 is 0 Å². The van der Waals surface area contributed by atoms with Gasteiger partial charge in [-0.1, -0.05) is 0 Å². The van der Waals surface area contributed by atoms with E-state index in [1.54, 1.807) is 20.8 Å². The van der Waals surface area contributed by atoms with E-state index in [0.717, 1.165) is 37.0 Å². The second-order valence-corrected chi connectivity index (χ2v) is 8.57. The smallest absolute Gasteiger partial charge is 0.311 e. The summed E-state index contributed by atoms with van der Waals surface area (Å²) in [5.41, 5.74) is -0.555. The second kappa shape index (κ2) is 4.99. The molecule has 0 aromatic rings. The summed E-state index contributed by atoms with van der Waals surface area (Å²) in [5.74, 6) is 1.95. The van der Waals surface area contributed by atoms with Gasteiger partial charge < -0.3 is 10.1 Å². The van der Waals surface area contributed by atoms with Gasteiger partial charge in [-0.15, -0.1) is 0 Å². The van der Waals surface area contributed by atoms with Crippen LogP contribution in [0.4, 0.5) is 0 Å². The molecule has 4 heteroatoms. The van der Waals surface area contributed by atoms with E-state index in [1.165, 1.54) is 19.3 Å². The van der Waals surface area contributed by atoms with Crippen molar-refractivity contribution in [2.45, 2.75) is 64.8 Å². The van der Waals surface area contributed by atoms with Crippen LogP contribution in [0.2, 0.25) is 0 Å². The number of amides is 1. The molecule has 0 atom stereocenters. The van der Waals surface area contributed by atoms with Gasteiger partial charge >= 0.3 is 5.97 Å². The average molecular weight is 293 g/mol. The van der Waals surface area contributed by atoms with Crippen LogP contribution in [0, 0.1) is 23.2 Å². The fourth-order valence-corrected chi connectivity index (χ4v) is 4.94. The first kappa shape index (κ1) is 14.9. The first-order valence-electron chi connectivity index (χ1n) is 8.24. The third-order valence-electron chi connectivity index (χ3n) is 5.39. The molecule has 4 fully saturated rings. The Labute approximate surface area is 127 Å². The molecular formula is C17H27NO3. The average Bonchev–Trinajstić information content (AvgIpc) is 2.32. The summed E-state index contributed by atoms with van der Waals surface area (Å²) < 4.78 is 5.13. The summed E-state index contributed by atoms with van der Waals surface area (Å²) in [6, 6.07) is 0. The van der Waals surface area contributed by atoms with E-state index in [-0.39, 0.29) is 24.0 Å². The van der Waals surface area contributed by atoms with Crippen LogP contribution in [0.1, 0.15) is 59.3 Å². The molecule has 4 nitrogen and oxygen atoms in total. The van der Waals surface area contributed by atoms with E-state index in [1.807, 2.05) is 0 Å². The Morgan fingerprint density at radius 2 is 1.52 bits per heavy atom. The van der Waals surface area contributed by atoms with Crippen LogP contribution in [0.25, 0.3) is 0 Å². The minimum Gasteiger partial charge on any atom is -0.455 e. The van der Waals surface area contributed by atoms with Crippen molar-refractivity contribution in [1.82, 2.24) is 5.32 Å². The van der Waals surface area contributed by atoms with E-state index in [9.17, 15) is 9.59 Å². The van der Waals surface area contributed by atoms with Crippen molar-refractivity contribution in [2.75, 3.05) is 6.61 Å². The molecule has 0 radical (unpaired) electrons. The summed E-state index contributed by atoms with van der Waals surface area (Å²) in [4.78, 5) is 23.9. The van der Waals surface area contributed by atoms with Crippen molar-refractivity contribution in [1.29, 1.82) is 0 Å². The number of carbonyl (C=O) groups is 2. The SMILES string of the molecule is CC(C)(C)C(=O)OCC(=O)NC12CC3CC(CC(C3)C1)C2. The highest BCUT2D eigenvalue weighted by molar-refractivity contribution is 5.82. The Morgan fingerprint density at radius 1 is 1.05 bits per heavy atom. The van der Waals surface area contributed by atoms with Crippen molar-refractivity contribution in [3.8, 4) is 0 Å². The maximum absolute atomic E-state index is 12.2. The molecule has 1 N–H and O–H groups in total. The summed E-state index contributed by atoms with van der Waals surface area (Å²) >= 11 is 0. The normalized spacial score (nSPS) is 37.4. The Balaban J connectivity index is 1.54. The van der Waals surface area contributed by atoms with Gasteiger partial charge in [0, 0.05) is 5.54 Å². The van der Waals surface area contributed by atoms with E-state index in [2.05, 4.69) is 5.32 Å². The van der Waals surface area contributed by atoms with Crippen LogP contribution >= 0.6 is 0 Å². The van der Waals surface area contributed by atoms with E-state index in [0.29, 0.717) is 0 Å². The van der Waals surface area contributed by atoms with Gasteiger partial charge in [-0.2, -0.15) is 0 Å². The molecule has 21 heavy (non-hydrogen) atoms. The highest BCUT2D eigenvalue weighted by atomic mass is 16.5. The molecule has 0 unspecified atom stereocenters. The van der Waals surface area contributed by atoms with Gasteiger partial charge in [0.1, 0.15) is 0 Å². The Hall–Kier alpha value is -1.06. The molecule has 0 spiro atoms. The van der Waals surface area contributed by atoms with Crippen molar-refractivity contribution in [2.24, 2.45) is 23.2 Å². The third kappa shape index (κ3) is 3.09. The minimum absolute atomic E-state index is 0.0000263. The Kier molecular flexibility index (Phi) is 3.53. The molecule has 0 aliphatic heterocycles. The minimum atomic E-state index is -0.555. The van der Waals surface area contributed by atoms with Crippen LogP contribution < -0.4 is 5.32 Å². The molecule has 0 heterocycles. The number of nitrogens with one attached hydrogen (secondary N) is 1. The molecule has 4 saturated carbocycles. The summed E-state index contributed by atoms with van der Waals surface area (Å²) in [5, 5.41) is 3.22. The highest BCUT2D eigenvalue weighted by Crippen LogP contribution is 2.55. The van der Waals surface area contributed by atoms with Gasteiger partial charge in [0.25, 0.3) is 5.91 Å². The van der Waals surface area contributed by atoms with Gasteiger partial charge in [-0.05, 0) is 77.0 Å². The largest absolute Gasteiger partial charge is 0.455 e. The fraction of sp³-hybridized carbons (Fsp3) is 0.882. The van der Waals surface area contributed by atoms with Crippen LogP contribution in [0.15, 0.2) is 0 Å².